The number of ether oxygens (including phenoxy) is 1. The molecule has 8 nitrogen and oxygen atoms in total. The minimum atomic E-state index is -1.05. The molecule has 2 unspecified atom stereocenters. The molecule has 3 amide bonds. The Morgan fingerprint density at radius 3 is 2.35 bits per heavy atom. The van der Waals surface area contributed by atoms with Gasteiger partial charge >= 0.3 is 6.09 Å². The molecule has 0 radical (unpaired) electrons. The van der Waals surface area contributed by atoms with Crippen LogP contribution in [0.3, 0.4) is 0 Å². The summed E-state index contributed by atoms with van der Waals surface area (Å²) in [6.07, 6.45) is 3.30. The Hall–Kier alpha value is -2.42. The Bertz CT molecular complexity index is 810. The topological polar surface area (TPSA) is 108 Å². The van der Waals surface area contributed by atoms with Crippen molar-refractivity contribution >= 4 is 29.7 Å². The van der Waals surface area contributed by atoms with E-state index in [-0.39, 0.29) is 17.7 Å². The number of amides is 3. The molecule has 0 aromatic heterocycles. The molecule has 0 aliphatic carbocycles. The molecule has 0 aliphatic rings. The number of nitrogens with zero attached hydrogens (tertiary/aromatic N) is 1. The van der Waals surface area contributed by atoms with E-state index in [0.29, 0.717) is 24.3 Å². The van der Waals surface area contributed by atoms with E-state index in [9.17, 15) is 19.5 Å². The summed E-state index contributed by atoms with van der Waals surface area (Å²) in [6.45, 7) is 11.4. The fourth-order valence-corrected chi connectivity index (χ4v) is 3.90. The summed E-state index contributed by atoms with van der Waals surface area (Å²) < 4.78 is 5.37. The number of phenols is 1. The molecule has 0 aliphatic heterocycles. The number of phenolic OH excluding ortho intramolecular Hbond substituents is 1. The molecule has 0 saturated carbocycles. The average Bonchev–Trinajstić information content (AvgIpc) is 2.73. The first-order valence-corrected chi connectivity index (χ1v) is 13.2. The molecule has 0 bridgehead atoms. The van der Waals surface area contributed by atoms with Gasteiger partial charge in [0.15, 0.2) is 0 Å². The first-order valence-electron chi connectivity index (χ1n) is 11.8. The van der Waals surface area contributed by atoms with Crippen molar-refractivity contribution in [3.63, 3.8) is 0 Å². The predicted octanol–water partition coefficient (Wildman–Crippen LogP) is 4.23. The third kappa shape index (κ3) is 9.44. The van der Waals surface area contributed by atoms with Crippen LogP contribution < -0.4 is 10.6 Å². The van der Waals surface area contributed by atoms with E-state index in [0.717, 1.165) is 12.8 Å². The van der Waals surface area contributed by atoms with Crippen LogP contribution in [-0.2, 0) is 14.3 Å². The van der Waals surface area contributed by atoms with E-state index in [1.54, 1.807) is 50.7 Å². The van der Waals surface area contributed by atoms with Crippen molar-refractivity contribution in [1.82, 2.24) is 15.5 Å². The summed E-state index contributed by atoms with van der Waals surface area (Å²) in [5, 5.41) is 16.1. The van der Waals surface area contributed by atoms with E-state index in [1.807, 2.05) is 27.0 Å². The molecule has 9 heteroatoms. The van der Waals surface area contributed by atoms with E-state index in [1.165, 1.54) is 11.0 Å². The molecule has 0 fully saturated rings. The molecule has 0 heterocycles. The first-order chi connectivity index (χ1) is 15.9. The van der Waals surface area contributed by atoms with Crippen molar-refractivity contribution < 1.29 is 24.2 Å². The van der Waals surface area contributed by atoms with Crippen molar-refractivity contribution in [3.05, 3.63) is 29.8 Å². The van der Waals surface area contributed by atoms with Gasteiger partial charge in [-0.15, -0.1) is 0 Å². The second-order valence-electron chi connectivity index (χ2n) is 9.43. The van der Waals surface area contributed by atoms with Gasteiger partial charge in [0, 0.05) is 18.2 Å². The number of nitrogens with one attached hydrogen (secondary N) is 2. The maximum Gasteiger partial charge on any atom is 0.408 e. The number of hydrogen-bond donors (Lipinski definition) is 3. The molecule has 0 saturated heterocycles. The summed E-state index contributed by atoms with van der Waals surface area (Å²) in [5.74, 6) is -0.230. The highest BCUT2D eigenvalue weighted by molar-refractivity contribution is 7.98. The second kappa shape index (κ2) is 14.1. The molecule has 0 spiro atoms. The lowest BCUT2D eigenvalue weighted by Crippen LogP contribution is -2.55. The van der Waals surface area contributed by atoms with Gasteiger partial charge in [-0.05, 0) is 65.5 Å². The van der Waals surface area contributed by atoms with Gasteiger partial charge < -0.3 is 25.4 Å². The van der Waals surface area contributed by atoms with Gasteiger partial charge in [-0.1, -0.05) is 31.5 Å². The number of thioether (sulfide) groups is 1. The lowest BCUT2D eigenvalue weighted by atomic mass is 9.99. The molecule has 34 heavy (non-hydrogen) atoms. The van der Waals surface area contributed by atoms with Crippen molar-refractivity contribution in [3.8, 4) is 5.75 Å². The maximum atomic E-state index is 13.8. The predicted molar refractivity (Wildman–Crippen MR) is 137 cm³/mol. The highest BCUT2D eigenvalue weighted by Crippen LogP contribution is 2.31. The van der Waals surface area contributed by atoms with Gasteiger partial charge in [0.05, 0.1) is 0 Å². The largest absolute Gasteiger partial charge is 0.508 e. The Morgan fingerprint density at radius 2 is 1.82 bits per heavy atom. The zero-order chi connectivity index (χ0) is 25.9. The SMILES string of the molecule is CCCCNC(=O)C(c1ccccc1O)N(C(=O)C(CCSC)NC(=O)OC(C)(C)C)C(C)C. The number of carbonyl (C=O) groups excluding carboxylic acids is 3. The quantitative estimate of drug-likeness (QED) is 0.375. The van der Waals surface area contributed by atoms with Crippen molar-refractivity contribution in [2.24, 2.45) is 0 Å². The van der Waals surface area contributed by atoms with Gasteiger partial charge in [-0.25, -0.2) is 4.79 Å². The molecule has 192 valence electrons. The lowest BCUT2D eigenvalue weighted by Gasteiger charge is -2.37. The summed E-state index contributed by atoms with van der Waals surface area (Å²) in [5.41, 5.74) is -0.383. The van der Waals surface area contributed by atoms with Crippen LogP contribution >= 0.6 is 11.8 Å². The number of alkyl carbamates (subject to hydrolysis) is 1. The molecular formula is C25H41N3O5S. The number of rotatable bonds is 12. The number of hydrogen-bond acceptors (Lipinski definition) is 6. The van der Waals surface area contributed by atoms with Crippen LogP contribution in [0.25, 0.3) is 0 Å². The lowest BCUT2D eigenvalue weighted by molar-refractivity contribution is -0.144. The van der Waals surface area contributed by atoms with E-state index < -0.39 is 29.7 Å². The van der Waals surface area contributed by atoms with Crippen molar-refractivity contribution in [2.75, 3.05) is 18.6 Å². The van der Waals surface area contributed by atoms with E-state index in [4.69, 9.17) is 4.74 Å². The fourth-order valence-electron chi connectivity index (χ4n) is 3.42. The molecule has 2 atom stereocenters. The monoisotopic (exact) mass is 495 g/mol. The Balaban J connectivity index is 3.38. The molecule has 1 rings (SSSR count). The molecule has 1 aromatic rings. The van der Waals surface area contributed by atoms with E-state index >= 15 is 0 Å². The van der Waals surface area contributed by atoms with Gasteiger partial charge in [0.2, 0.25) is 11.8 Å². The van der Waals surface area contributed by atoms with Gasteiger partial charge in [0.25, 0.3) is 0 Å². The summed E-state index contributed by atoms with van der Waals surface area (Å²) in [6, 6.07) is 4.19. The van der Waals surface area contributed by atoms with Gasteiger partial charge in [-0.3, -0.25) is 9.59 Å². The summed E-state index contributed by atoms with van der Waals surface area (Å²) >= 11 is 1.55. The van der Waals surface area contributed by atoms with Gasteiger partial charge in [0.1, 0.15) is 23.4 Å². The normalized spacial score (nSPS) is 13.2. The first kappa shape index (κ1) is 29.6. The number of carbonyl (C=O) groups is 3. The minimum Gasteiger partial charge on any atom is -0.508 e. The summed E-state index contributed by atoms with van der Waals surface area (Å²) in [7, 11) is 0. The van der Waals surface area contributed by atoms with Crippen LogP contribution in [0.2, 0.25) is 0 Å². The molecular weight excluding hydrogens is 454 g/mol. The summed E-state index contributed by atoms with van der Waals surface area (Å²) in [4.78, 5) is 41.1. The van der Waals surface area contributed by atoms with Crippen LogP contribution in [0.1, 0.15) is 72.4 Å². The minimum absolute atomic E-state index is 0.0719. The molecule has 3 N–H and O–H groups in total. The number of benzene rings is 1. The highest BCUT2D eigenvalue weighted by Gasteiger charge is 2.38. The Labute approximate surface area is 208 Å². The zero-order valence-electron chi connectivity index (χ0n) is 21.5. The van der Waals surface area contributed by atoms with Gasteiger partial charge in [-0.2, -0.15) is 11.8 Å². The fraction of sp³-hybridized carbons (Fsp3) is 0.640. The average molecular weight is 496 g/mol. The van der Waals surface area contributed by atoms with E-state index in [2.05, 4.69) is 10.6 Å². The standard InChI is InChI=1S/C25H41N3O5S/c1-8-9-15-26-22(30)21(18-12-10-11-13-20(18)29)28(17(2)3)23(31)19(14-16-34-7)27-24(32)33-25(4,5)6/h10-13,17,19,21,29H,8-9,14-16H2,1-7H3,(H,26,30)(H,27,32). The Morgan fingerprint density at radius 1 is 1.18 bits per heavy atom. The Kier molecular flexibility index (Phi) is 12.3. The zero-order valence-corrected chi connectivity index (χ0v) is 22.3. The van der Waals surface area contributed by atoms with Crippen molar-refractivity contribution in [1.29, 1.82) is 0 Å². The van der Waals surface area contributed by atoms with Crippen LogP contribution in [0.4, 0.5) is 4.79 Å². The third-order valence-corrected chi connectivity index (χ3v) is 5.64. The number of para-hydroxylation sites is 1. The van der Waals surface area contributed by atoms with Crippen LogP contribution in [0.15, 0.2) is 24.3 Å². The van der Waals surface area contributed by atoms with Crippen LogP contribution in [0.5, 0.6) is 5.75 Å². The number of aromatic hydroxyl groups is 1. The second-order valence-corrected chi connectivity index (χ2v) is 10.4. The number of unbranched alkanes of at least 4 members (excludes halogenated alkanes) is 1. The highest BCUT2D eigenvalue weighted by atomic mass is 32.2. The van der Waals surface area contributed by atoms with Crippen LogP contribution in [-0.4, -0.2) is 64.2 Å². The van der Waals surface area contributed by atoms with Crippen molar-refractivity contribution in [2.45, 2.75) is 84.5 Å². The molecule has 1 aromatic carbocycles. The maximum absolute atomic E-state index is 13.8. The van der Waals surface area contributed by atoms with Crippen LogP contribution in [0, 0.1) is 0 Å². The third-order valence-electron chi connectivity index (χ3n) is 5.00. The smallest absolute Gasteiger partial charge is 0.408 e.